The second-order valence-electron chi connectivity index (χ2n) is 5.27. The predicted molar refractivity (Wildman–Crippen MR) is 76.6 cm³/mol. The van der Waals surface area contributed by atoms with E-state index in [0.717, 1.165) is 6.54 Å². The molecule has 1 nitrogen and oxygen atoms in total. The van der Waals surface area contributed by atoms with Crippen molar-refractivity contribution in [2.75, 3.05) is 6.54 Å². The summed E-state index contributed by atoms with van der Waals surface area (Å²) in [4.78, 5) is 0. The van der Waals surface area contributed by atoms with E-state index >= 15 is 0 Å². The van der Waals surface area contributed by atoms with Crippen molar-refractivity contribution in [2.45, 2.75) is 33.2 Å². The lowest BCUT2D eigenvalue weighted by Crippen LogP contribution is -2.36. The van der Waals surface area contributed by atoms with Gasteiger partial charge in [0.2, 0.25) is 0 Å². The summed E-state index contributed by atoms with van der Waals surface area (Å²) < 4.78 is 13.8. The summed E-state index contributed by atoms with van der Waals surface area (Å²) in [5.41, 5.74) is 0.350. The molecule has 1 unspecified atom stereocenters. The number of nitrogens with one attached hydrogen (secondary N) is 1. The van der Waals surface area contributed by atoms with Crippen LogP contribution in [0, 0.1) is 11.2 Å². The van der Waals surface area contributed by atoms with Crippen molar-refractivity contribution in [1.29, 1.82) is 0 Å². The maximum atomic E-state index is 13.8. The number of hydrogen-bond donors (Lipinski definition) is 1. The number of rotatable bonds is 6. The summed E-state index contributed by atoms with van der Waals surface area (Å²) in [6.07, 6.45) is 2.41. The molecule has 0 amide bonds. The van der Waals surface area contributed by atoms with E-state index in [4.69, 9.17) is 11.6 Å². The third kappa shape index (κ3) is 4.11. The zero-order valence-electron chi connectivity index (χ0n) is 11.3. The van der Waals surface area contributed by atoms with Crippen molar-refractivity contribution in [3.05, 3.63) is 47.3 Å². The molecular formula is C15H21ClFN. The van der Waals surface area contributed by atoms with E-state index in [9.17, 15) is 4.39 Å². The molecule has 1 aromatic rings. The van der Waals surface area contributed by atoms with Gasteiger partial charge >= 0.3 is 0 Å². The Morgan fingerprint density at radius 3 is 2.67 bits per heavy atom. The molecule has 3 heteroatoms. The van der Waals surface area contributed by atoms with Gasteiger partial charge in [0.25, 0.3) is 0 Å². The predicted octanol–water partition coefficient (Wildman–Crippen LogP) is 4.21. The summed E-state index contributed by atoms with van der Waals surface area (Å²) in [5.74, 6) is -0.250. The quantitative estimate of drug-likeness (QED) is 0.763. The fourth-order valence-electron chi connectivity index (χ4n) is 1.75. The SMILES string of the molecule is C=CC(C)(CNC(C)C)Cc1c(F)cccc1Cl. The first kappa shape index (κ1) is 15.2. The Hall–Kier alpha value is -0.860. The van der Waals surface area contributed by atoms with E-state index in [0.29, 0.717) is 23.0 Å². The third-order valence-electron chi connectivity index (χ3n) is 3.05. The molecule has 0 saturated heterocycles. The molecule has 100 valence electrons. The van der Waals surface area contributed by atoms with Gasteiger partial charge in [0.15, 0.2) is 0 Å². The number of halogens is 2. The molecule has 1 rings (SSSR count). The van der Waals surface area contributed by atoms with Crippen molar-refractivity contribution in [3.63, 3.8) is 0 Å². The molecule has 1 N–H and O–H groups in total. The van der Waals surface area contributed by atoms with Gasteiger partial charge in [-0.15, -0.1) is 6.58 Å². The van der Waals surface area contributed by atoms with Gasteiger partial charge in [-0.25, -0.2) is 4.39 Å². The van der Waals surface area contributed by atoms with Gasteiger partial charge in [-0.05, 0) is 18.6 Å². The van der Waals surface area contributed by atoms with Crippen molar-refractivity contribution in [3.8, 4) is 0 Å². The lowest BCUT2D eigenvalue weighted by atomic mass is 9.83. The van der Waals surface area contributed by atoms with Gasteiger partial charge in [0, 0.05) is 28.6 Å². The van der Waals surface area contributed by atoms with Crippen molar-refractivity contribution < 1.29 is 4.39 Å². The summed E-state index contributed by atoms with van der Waals surface area (Å²) in [6, 6.07) is 5.18. The highest BCUT2D eigenvalue weighted by molar-refractivity contribution is 6.31. The van der Waals surface area contributed by atoms with Crippen molar-refractivity contribution in [2.24, 2.45) is 5.41 Å². The average molecular weight is 270 g/mol. The van der Waals surface area contributed by atoms with Gasteiger partial charge in [0.1, 0.15) is 5.82 Å². The molecule has 1 aromatic carbocycles. The molecule has 1 atom stereocenters. The molecule has 0 spiro atoms. The van der Waals surface area contributed by atoms with E-state index in [1.807, 2.05) is 6.08 Å². The molecule has 0 aliphatic heterocycles. The monoisotopic (exact) mass is 269 g/mol. The van der Waals surface area contributed by atoms with Gasteiger partial charge in [0.05, 0.1) is 0 Å². The highest BCUT2D eigenvalue weighted by atomic mass is 35.5. The van der Waals surface area contributed by atoms with Gasteiger partial charge in [-0.3, -0.25) is 0 Å². The fourth-order valence-corrected chi connectivity index (χ4v) is 1.98. The second kappa shape index (κ2) is 6.35. The summed E-state index contributed by atoms with van der Waals surface area (Å²) in [6.45, 7) is 10.8. The largest absolute Gasteiger partial charge is 0.314 e. The van der Waals surface area contributed by atoms with Gasteiger partial charge in [-0.2, -0.15) is 0 Å². The molecule has 0 radical (unpaired) electrons. The maximum Gasteiger partial charge on any atom is 0.127 e. The first-order valence-corrected chi connectivity index (χ1v) is 6.55. The first-order valence-electron chi connectivity index (χ1n) is 6.18. The zero-order valence-corrected chi connectivity index (χ0v) is 12.0. The van der Waals surface area contributed by atoms with E-state index < -0.39 is 0 Å². The minimum Gasteiger partial charge on any atom is -0.314 e. The number of hydrogen-bond acceptors (Lipinski definition) is 1. The standard InChI is InChI=1S/C15H21ClFN/c1-5-15(4,10-18-11(2)3)9-12-13(16)7-6-8-14(12)17/h5-8,11,18H,1,9-10H2,2-4H3. The molecule has 0 fully saturated rings. The zero-order chi connectivity index (χ0) is 13.8. The van der Waals surface area contributed by atoms with Crippen LogP contribution < -0.4 is 5.32 Å². The summed E-state index contributed by atoms with van der Waals surface area (Å²) >= 11 is 6.06. The maximum absolute atomic E-state index is 13.8. The Morgan fingerprint density at radius 1 is 1.50 bits per heavy atom. The normalized spacial score (nSPS) is 14.6. The average Bonchev–Trinajstić information content (AvgIpc) is 2.32. The van der Waals surface area contributed by atoms with Crippen LogP contribution in [-0.4, -0.2) is 12.6 Å². The molecule has 0 heterocycles. The minimum atomic E-state index is -0.250. The minimum absolute atomic E-state index is 0.212. The molecule has 0 aliphatic carbocycles. The first-order chi connectivity index (χ1) is 8.38. The topological polar surface area (TPSA) is 12.0 Å². The van der Waals surface area contributed by atoms with Crippen molar-refractivity contribution in [1.82, 2.24) is 5.32 Å². The molecule has 0 bridgehead atoms. The van der Waals surface area contributed by atoms with E-state index in [2.05, 4.69) is 32.7 Å². The molecular weight excluding hydrogens is 249 g/mol. The van der Waals surface area contributed by atoms with Gasteiger partial charge in [-0.1, -0.05) is 44.5 Å². The smallest absolute Gasteiger partial charge is 0.127 e. The van der Waals surface area contributed by atoms with E-state index in [1.165, 1.54) is 6.07 Å². The van der Waals surface area contributed by atoms with Crippen LogP contribution in [0.3, 0.4) is 0 Å². The van der Waals surface area contributed by atoms with Crippen LogP contribution in [0.2, 0.25) is 5.02 Å². The Kier molecular flexibility index (Phi) is 5.36. The Labute approximate surface area is 114 Å². The van der Waals surface area contributed by atoms with Gasteiger partial charge < -0.3 is 5.32 Å². The Balaban J connectivity index is 2.88. The van der Waals surface area contributed by atoms with E-state index in [1.54, 1.807) is 12.1 Å². The van der Waals surface area contributed by atoms with Crippen LogP contribution in [0.5, 0.6) is 0 Å². The molecule has 0 aliphatic rings. The Bertz CT molecular complexity index is 397. The van der Waals surface area contributed by atoms with Crippen LogP contribution in [-0.2, 0) is 6.42 Å². The van der Waals surface area contributed by atoms with Crippen LogP contribution in [0.25, 0.3) is 0 Å². The highest BCUT2D eigenvalue weighted by Crippen LogP contribution is 2.29. The molecule has 0 saturated carbocycles. The lowest BCUT2D eigenvalue weighted by molar-refractivity contribution is 0.368. The molecule has 0 aromatic heterocycles. The number of benzene rings is 1. The third-order valence-corrected chi connectivity index (χ3v) is 3.40. The van der Waals surface area contributed by atoms with Crippen LogP contribution in [0.15, 0.2) is 30.9 Å². The Morgan fingerprint density at radius 2 is 2.17 bits per heavy atom. The van der Waals surface area contributed by atoms with Crippen LogP contribution in [0.4, 0.5) is 4.39 Å². The fraction of sp³-hybridized carbons (Fsp3) is 0.467. The molecule has 18 heavy (non-hydrogen) atoms. The summed E-state index contributed by atoms with van der Waals surface area (Å²) in [7, 11) is 0. The lowest BCUT2D eigenvalue weighted by Gasteiger charge is -2.28. The van der Waals surface area contributed by atoms with Crippen LogP contribution in [0.1, 0.15) is 26.3 Å². The second-order valence-corrected chi connectivity index (χ2v) is 5.68. The van der Waals surface area contributed by atoms with E-state index in [-0.39, 0.29) is 11.2 Å². The summed E-state index contributed by atoms with van der Waals surface area (Å²) in [5, 5.41) is 3.84. The van der Waals surface area contributed by atoms with Crippen LogP contribution >= 0.6 is 11.6 Å². The van der Waals surface area contributed by atoms with Crippen molar-refractivity contribution >= 4 is 11.6 Å². The highest BCUT2D eigenvalue weighted by Gasteiger charge is 2.24.